The van der Waals surface area contributed by atoms with E-state index in [0.29, 0.717) is 12.4 Å². The van der Waals surface area contributed by atoms with Gasteiger partial charge >= 0.3 is 6.18 Å². The summed E-state index contributed by atoms with van der Waals surface area (Å²) in [6.07, 6.45) is 1.13. The summed E-state index contributed by atoms with van der Waals surface area (Å²) in [4.78, 5) is 14.7. The fourth-order valence-corrected chi connectivity index (χ4v) is 5.87. The Balaban J connectivity index is 1.37. The van der Waals surface area contributed by atoms with Crippen LogP contribution in [0.5, 0.6) is 0 Å². The van der Waals surface area contributed by atoms with E-state index in [1.807, 2.05) is 6.26 Å². The van der Waals surface area contributed by atoms with Crippen LogP contribution >= 0.6 is 11.9 Å². The number of hydrogen-bond donors (Lipinski definition) is 2. The Bertz CT molecular complexity index is 1380. The van der Waals surface area contributed by atoms with Crippen LogP contribution in [-0.2, 0) is 12.7 Å². The lowest BCUT2D eigenvalue weighted by molar-refractivity contribution is -0.137. The standard InChI is InChI=1S/C28H35F4N7OS/c1-17-34-23(16-39(17)24-6-5-18(11-22(24)29)13-37-14-19(15-37)27(2,3)40)25-21(28(30,31)32)12-33-26(36-25)35-20-7-9-38(41-4)10-8-20/h5-6,11-12,16,19-20,40H,7-10,13-15H2,1-4H3,(H,33,35,36). The number of aliphatic hydroxyl groups is 1. The van der Waals surface area contributed by atoms with Crippen molar-refractivity contribution in [3.63, 3.8) is 0 Å². The van der Waals surface area contributed by atoms with Gasteiger partial charge in [-0.1, -0.05) is 18.0 Å². The number of alkyl halides is 3. The second-order valence-corrected chi connectivity index (χ2v) is 12.2. The van der Waals surface area contributed by atoms with Gasteiger partial charge in [0.2, 0.25) is 5.95 Å². The van der Waals surface area contributed by atoms with E-state index in [9.17, 15) is 18.3 Å². The van der Waals surface area contributed by atoms with Crippen LogP contribution in [0.2, 0.25) is 0 Å². The van der Waals surface area contributed by atoms with Crippen molar-refractivity contribution >= 4 is 17.9 Å². The maximum atomic E-state index is 15.3. The van der Waals surface area contributed by atoms with Crippen LogP contribution in [0.4, 0.5) is 23.5 Å². The fourth-order valence-electron chi connectivity index (χ4n) is 5.30. The molecule has 5 rings (SSSR count). The van der Waals surface area contributed by atoms with E-state index >= 15 is 4.39 Å². The number of anilines is 1. The lowest BCUT2D eigenvalue weighted by Gasteiger charge is -2.45. The van der Waals surface area contributed by atoms with Crippen LogP contribution in [-0.4, -0.2) is 77.9 Å². The van der Waals surface area contributed by atoms with Crippen molar-refractivity contribution in [2.75, 3.05) is 37.8 Å². The molecule has 41 heavy (non-hydrogen) atoms. The van der Waals surface area contributed by atoms with E-state index in [1.54, 1.807) is 44.9 Å². The monoisotopic (exact) mass is 593 g/mol. The number of halogens is 4. The molecule has 222 valence electrons. The molecule has 0 unspecified atom stereocenters. The SMILES string of the molecule is CSN1CCC(Nc2ncc(C(F)(F)F)c(-c3cn(-c4ccc(CN5CC(C(C)(C)O)C5)cc4F)c(C)n3)n2)CC1. The first-order valence-corrected chi connectivity index (χ1v) is 14.8. The third-order valence-electron chi connectivity index (χ3n) is 7.90. The minimum Gasteiger partial charge on any atom is -0.390 e. The molecule has 1 aromatic carbocycles. The summed E-state index contributed by atoms with van der Waals surface area (Å²) in [5, 5.41) is 13.3. The molecule has 0 amide bonds. The van der Waals surface area contributed by atoms with E-state index < -0.39 is 23.2 Å². The summed E-state index contributed by atoms with van der Waals surface area (Å²) in [7, 11) is 0. The highest BCUT2D eigenvalue weighted by Crippen LogP contribution is 2.36. The summed E-state index contributed by atoms with van der Waals surface area (Å²) < 4.78 is 60.8. The topological polar surface area (TPSA) is 82.3 Å². The van der Waals surface area contributed by atoms with Crippen molar-refractivity contribution in [3.05, 3.63) is 53.4 Å². The number of nitrogens with zero attached hydrogens (tertiary/aromatic N) is 6. The molecule has 2 fully saturated rings. The number of nitrogens with one attached hydrogen (secondary N) is 1. The largest absolute Gasteiger partial charge is 0.420 e. The molecule has 2 aliphatic heterocycles. The highest BCUT2D eigenvalue weighted by molar-refractivity contribution is 7.96. The average molecular weight is 594 g/mol. The molecule has 2 N–H and O–H groups in total. The Kier molecular flexibility index (Phi) is 8.34. The molecular weight excluding hydrogens is 558 g/mol. The maximum Gasteiger partial charge on any atom is 0.420 e. The molecule has 13 heteroatoms. The van der Waals surface area contributed by atoms with Gasteiger partial charge in [-0.05, 0) is 57.6 Å². The molecule has 0 radical (unpaired) electrons. The Morgan fingerprint density at radius 3 is 2.44 bits per heavy atom. The number of aromatic nitrogens is 4. The van der Waals surface area contributed by atoms with Gasteiger partial charge in [-0.15, -0.1) is 0 Å². The number of aryl methyl sites for hydroxylation is 1. The average Bonchev–Trinajstić information content (AvgIpc) is 3.26. The second-order valence-electron chi connectivity index (χ2n) is 11.4. The molecule has 2 aliphatic rings. The molecule has 2 aromatic heterocycles. The highest BCUT2D eigenvalue weighted by Gasteiger charge is 2.38. The Labute approximate surface area is 241 Å². The number of likely N-dealkylation sites (tertiary alicyclic amines) is 1. The Morgan fingerprint density at radius 1 is 1.12 bits per heavy atom. The first-order valence-electron chi connectivity index (χ1n) is 13.6. The first kappa shape index (κ1) is 29.7. The number of imidazole rings is 1. The van der Waals surface area contributed by atoms with Crippen LogP contribution < -0.4 is 5.32 Å². The normalized spacial score (nSPS) is 18.1. The van der Waals surface area contributed by atoms with E-state index in [1.165, 1.54) is 16.8 Å². The fraction of sp³-hybridized carbons (Fsp3) is 0.536. The summed E-state index contributed by atoms with van der Waals surface area (Å²) in [5.74, 6) is 0.0990. The number of piperidine rings is 1. The quantitative estimate of drug-likeness (QED) is 0.274. The maximum absolute atomic E-state index is 15.3. The van der Waals surface area contributed by atoms with Crippen LogP contribution in [0.1, 0.15) is 43.6 Å². The van der Waals surface area contributed by atoms with Gasteiger partial charge < -0.3 is 15.0 Å². The van der Waals surface area contributed by atoms with Crippen molar-refractivity contribution < 1.29 is 22.7 Å². The molecule has 0 spiro atoms. The van der Waals surface area contributed by atoms with Gasteiger partial charge in [0, 0.05) is 57.1 Å². The lowest BCUT2D eigenvalue weighted by atomic mass is 9.84. The molecule has 0 bridgehead atoms. The second kappa shape index (κ2) is 11.5. The summed E-state index contributed by atoms with van der Waals surface area (Å²) >= 11 is 1.67. The van der Waals surface area contributed by atoms with Gasteiger partial charge in [-0.25, -0.2) is 19.3 Å². The Hall–Kier alpha value is -2.74. The van der Waals surface area contributed by atoms with Gasteiger partial charge in [0.15, 0.2) is 0 Å². The van der Waals surface area contributed by atoms with Gasteiger partial charge in [-0.3, -0.25) is 9.21 Å². The molecule has 8 nitrogen and oxygen atoms in total. The van der Waals surface area contributed by atoms with Gasteiger partial charge in [0.25, 0.3) is 0 Å². The Morgan fingerprint density at radius 2 is 1.83 bits per heavy atom. The van der Waals surface area contributed by atoms with Crippen LogP contribution in [0.15, 0.2) is 30.6 Å². The molecule has 0 saturated carbocycles. The minimum atomic E-state index is -4.69. The minimum absolute atomic E-state index is 0.0146. The molecule has 0 aliphatic carbocycles. The number of benzene rings is 1. The summed E-state index contributed by atoms with van der Waals surface area (Å²) in [5.41, 5.74) is -1.16. The molecule has 4 heterocycles. The third kappa shape index (κ3) is 6.68. The molecular formula is C28H35F4N7OS. The van der Waals surface area contributed by atoms with Gasteiger partial charge in [-0.2, -0.15) is 13.2 Å². The van der Waals surface area contributed by atoms with Crippen LogP contribution in [0.3, 0.4) is 0 Å². The first-order chi connectivity index (χ1) is 19.3. The zero-order chi connectivity index (χ0) is 29.5. The van der Waals surface area contributed by atoms with E-state index in [4.69, 9.17) is 0 Å². The molecule has 2 saturated heterocycles. The number of hydrogen-bond acceptors (Lipinski definition) is 8. The van der Waals surface area contributed by atoms with Crippen molar-refractivity contribution in [3.8, 4) is 17.1 Å². The predicted molar refractivity (Wildman–Crippen MR) is 151 cm³/mol. The number of rotatable bonds is 8. The van der Waals surface area contributed by atoms with Crippen molar-refractivity contribution in [1.82, 2.24) is 28.7 Å². The zero-order valence-electron chi connectivity index (χ0n) is 23.5. The van der Waals surface area contributed by atoms with Gasteiger partial charge in [0.05, 0.1) is 11.3 Å². The van der Waals surface area contributed by atoms with Crippen molar-refractivity contribution in [1.29, 1.82) is 0 Å². The van der Waals surface area contributed by atoms with Crippen molar-refractivity contribution in [2.45, 2.75) is 58.0 Å². The van der Waals surface area contributed by atoms with E-state index in [-0.39, 0.29) is 35.0 Å². The van der Waals surface area contributed by atoms with E-state index in [2.05, 4.69) is 29.5 Å². The van der Waals surface area contributed by atoms with Crippen molar-refractivity contribution in [2.24, 2.45) is 5.92 Å². The summed E-state index contributed by atoms with van der Waals surface area (Å²) in [6, 6.07) is 4.88. The third-order valence-corrected chi connectivity index (χ3v) is 8.78. The summed E-state index contributed by atoms with van der Waals surface area (Å²) in [6.45, 7) is 8.91. The predicted octanol–water partition coefficient (Wildman–Crippen LogP) is 5.15. The smallest absolute Gasteiger partial charge is 0.390 e. The van der Waals surface area contributed by atoms with E-state index in [0.717, 1.165) is 50.8 Å². The highest BCUT2D eigenvalue weighted by atomic mass is 32.2. The van der Waals surface area contributed by atoms with Crippen LogP contribution in [0.25, 0.3) is 17.1 Å². The molecule has 3 aromatic rings. The molecule has 0 atom stereocenters. The van der Waals surface area contributed by atoms with Gasteiger partial charge in [0.1, 0.15) is 28.6 Å². The lowest BCUT2D eigenvalue weighted by Crippen LogP contribution is -2.55. The zero-order valence-corrected chi connectivity index (χ0v) is 24.4. The van der Waals surface area contributed by atoms with Crippen LogP contribution in [0, 0.1) is 18.7 Å².